The molecule has 4 rings (SSSR count). The molecule has 0 saturated heterocycles. The smallest absolute Gasteiger partial charge is 0.308 e. The Kier molecular flexibility index (Phi) is 5.90. The van der Waals surface area contributed by atoms with Gasteiger partial charge in [-0.2, -0.15) is 10.1 Å². The van der Waals surface area contributed by atoms with E-state index in [1.54, 1.807) is 36.7 Å². The summed E-state index contributed by atoms with van der Waals surface area (Å²) in [6.45, 7) is 0.733. The summed E-state index contributed by atoms with van der Waals surface area (Å²) in [7, 11) is -1.80. The maximum Gasteiger partial charge on any atom is 0.308 e. The quantitative estimate of drug-likeness (QED) is 0.578. The summed E-state index contributed by atoms with van der Waals surface area (Å²) in [6.07, 6.45) is 8.21. The summed E-state index contributed by atoms with van der Waals surface area (Å²) in [5.74, 6) is 0.730. The molecule has 31 heavy (non-hydrogen) atoms. The standard InChI is InChI=1S/C21H25N5O4S/c1-30-20(27)15-5-3-14(4-6-15)13-26-19-16(12-23-26)11-22-21(25-19)24-17-7-9-18(10-8-17)31(2,28)29/h7-12,14-15H,3-6,13H2,1-2H3,(H,22,24,25). The predicted molar refractivity (Wildman–Crippen MR) is 116 cm³/mol. The second-order valence-corrected chi connectivity index (χ2v) is 9.98. The van der Waals surface area contributed by atoms with Crippen LogP contribution in [-0.2, 0) is 25.9 Å². The number of ether oxygens (including phenoxy) is 1. The number of sulfone groups is 1. The Hall–Kier alpha value is -3.01. The van der Waals surface area contributed by atoms with Gasteiger partial charge in [0.05, 0.1) is 29.5 Å². The fourth-order valence-electron chi connectivity index (χ4n) is 3.97. The van der Waals surface area contributed by atoms with Crippen molar-refractivity contribution in [1.29, 1.82) is 0 Å². The number of rotatable bonds is 6. The molecule has 9 nitrogen and oxygen atoms in total. The minimum absolute atomic E-state index is 0.00262. The number of esters is 1. The van der Waals surface area contributed by atoms with Gasteiger partial charge in [0, 0.05) is 24.7 Å². The lowest BCUT2D eigenvalue weighted by molar-refractivity contribution is -0.146. The molecule has 1 N–H and O–H groups in total. The molecule has 0 radical (unpaired) electrons. The summed E-state index contributed by atoms with van der Waals surface area (Å²) in [6, 6.07) is 6.46. The van der Waals surface area contributed by atoms with Crippen molar-refractivity contribution < 1.29 is 17.9 Å². The Morgan fingerprint density at radius 1 is 1.16 bits per heavy atom. The molecule has 3 aromatic rings. The van der Waals surface area contributed by atoms with E-state index in [-0.39, 0.29) is 16.8 Å². The van der Waals surface area contributed by atoms with E-state index in [9.17, 15) is 13.2 Å². The van der Waals surface area contributed by atoms with E-state index < -0.39 is 9.84 Å². The Labute approximate surface area is 180 Å². The summed E-state index contributed by atoms with van der Waals surface area (Å²) in [4.78, 5) is 20.9. The van der Waals surface area contributed by atoms with Crippen LogP contribution in [0.5, 0.6) is 0 Å². The highest BCUT2D eigenvalue weighted by Crippen LogP contribution is 2.31. The van der Waals surface area contributed by atoms with E-state index in [1.165, 1.54) is 13.4 Å². The zero-order valence-electron chi connectivity index (χ0n) is 17.5. The van der Waals surface area contributed by atoms with Gasteiger partial charge in [-0.25, -0.2) is 18.1 Å². The number of carbonyl (C=O) groups is 1. The normalized spacial score (nSPS) is 19.3. The highest BCUT2D eigenvalue weighted by Gasteiger charge is 2.27. The van der Waals surface area contributed by atoms with Crippen molar-refractivity contribution in [3.63, 3.8) is 0 Å². The number of nitrogens with zero attached hydrogens (tertiary/aromatic N) is 4. The van der Waals surface area contributed by atoms with Gasteiger partial charge in [0.1, 0.15) is 0 Å². The third-order valence-electron chi connectivity index (χ3n) is 5.73. The Morgan fingerprint density at radius 3 is 2.52 bits per heavy atom. The van der Waals surface area contributed by atoms with Gasteiger partial charge in [0.2, 0.25) is 5.95 Å². The van der Waals surface area contributed by atoms with Crippen molar-refractivity contribution in [1.82, 2.24) is 19.7 Å². The number of fused-ring (bicyclic) bond motifs is 1. The van der Waals surface area contributed by atoms with Crippen LogP contribution < -0.4 is 5.32 Å². The van der Waals surface area contributed by atoms with Gasteiger partial charge in [0.15, 0.2) is 15.5 Å². The average molecular weight is 444 g/mol. The minimum atomic E-state index is -3.24. The first-order chi connectivity index (χ1) is 14.8. The zero-order chi connectivity index (χ0) is 22.0. The molecule has 0 amide bonds. The molecule has 1 aliphatic rings. The summed E-state index contributed by atoms with van der Waals surface area (Å²) >= 11 is 0. The molecule has 1 fully saturated rings. The molecule has 10 heteroatoms. The minimum Gasteiger partial charge on any atom is -0.469 e. The van der Waals surface area contributed by atoms with Crippen molar-refractivity contribution in [3.8, 4) is 0 Å². The first-order valence-electron chi connectivity index (χ1n) is 10.2. The van der Waals surface area contributed by atoms with Crippen LogP contribution in [0.2, 0.25) is 0 Å². The second-order valence-electron chi connectivity index (χ2n) is 7.96. The lowest BCUT2D eigenvalue weighted by Crippen LogP contribution is -2.25. The maximum atomic E-state index is 11.7. The number of benzene rings is 1. The number of hydrogen-bond acceptors (Lipinski definition) is 8. The van der Waals surface area contributed by atoms with Crippen LogP contribution in [0.4, 0.5) is 11.6 Å². The van der Waals surface area contributed by atoms with Gasteiger partial charge in [-0.05, 0) is 55.9 Å². The van der Waals surface area contributed by atoms with E-state index in [0.29, 0.717) is 17.6 Å². The lowest BCUT2D eigenvalue weighted by atomic mass is 9.82. The monoisotopic (exact) mass is 443 g/mol. The second kappa shape index (κ2) is 8.62. The third-order valence-corrected chi connectivity index (χ3v) is 6.86. The van der Waals surface area contributed by atoms with Gasteiger partial charge < -0.3 is 10.1 Å². The van der Waals surface area contributed by atoms with E-state index in [0.717, 1.165) is 43.3 Å². The van der Waals surface area contributed by atoms with E-state index in [2.05, 4.69) is 20.4 Å². The Balaban J connectivity index is 1.46. The SMILES string of the molecule is COC(=O)C1CCC(Cn2ncc3cnc(Nc4ccc(S(C)(=O)=O)cc4)nc32)CC1. The maximum absolute atomic E-state index is 11.7. The van der Waals surface area contributed by atoms with Crippen LogP contribution in [0.15, 0.2) is 41.6 Å². The molecule has 2 aromatic heterocycles. The molecule has 0 unspecified atom stereocenters. The Bertz CT molecular complexity index is 1180. The number of anilines is 2. The first kappa shape index (κ1) is 21.2. The highest BCUT2D eigenvalue weighted by atomic mass is 32.2. The van der Waals surface area contributed by atoms with Crippen LogP contribution in [0, 0.1) is 11.8 Å². The molecule has 0 atom stereocenters. The predicted octanol–water partition coefficient (Wildman–Crippen LogP) is 2.95. The molecule has 164 valence electrons. The number of nitrogens with one attached hydrogen (secondary N) is 1. The Morgan fingerprint density at radius 2 is 1.87 bits per heavy atom. The van der Waals surface area contributed by atoms with Crippen LogP contribution in [-0.4, -0.2) is 47.5 Å². The highest BCUT2D eigenvalue weighted by molar-refractivity contribution is 7.90. The van der Waals surface area contributed by atoms with Crippen molar-refractivity contribution in [2.45, 2.75) is 37.1 Å². The lowest BCUT2D eigenvalue weighted by Gasteiger charge is -2.26. The van der Waals surface area contributed by atoms with Crippen LogP contribution in [0.1, 0.15) is 25.7 Å². The van der Waals surface area contributed by atoms with Crippen LogP contribution in [0.3, 0.4) is 0 Å². The molecular weight excluding hydrogens is 418 g/mol. The molecule has 2 heterocycles. The van der Waals surface area contributed by atoms with Crippen molar-refractivity contribution in [2.75, 3.05) is 18.7 Å². The van der Waals surface area contributed by atoms with Crippen LogP contribution >= 0.6 is 0 Å². The van der Waals surface area contributed by atoms with E-state index >= 15 is 0 Å². The van der Waals surface area contributed by atoms with Gasteiger partial charge in [-0.15, -0.1) is 0 Å². The first-order valence-corrected chi connectivity index (χ1v) is 12.1. The number of methoxy groups -OCH3 is 1. The summed E-state index contributed by atoms with van der Waals surface area (Å²) < 4.78 is 30.0. The topological polar surface area (TPSA) is 116 Å². The van der Waals surface area contributed by atoms with Gasteiger partial charge in [-0.1, -0.05) is 0 Å². The average Bonchev–Trinajstić information content (AvgIpc) is 3.15. The zero-order valence-corrected chi connectivity index (χ0v) is 18.3. The summed E-state index contributed by atoms with van der Waals surface area (Å²) in [5, 5.41) is 8.43. The van der Waals surface area contributed by atoms with Gasteiger partial charge in [-0.3, -0.25) is 4.79 Å². The van der Waals surface area contributed by atoms with Gasteiger partial charge in [0.25, 0.3) is 0 Å². The molecule has 1 aromatic carbocycles. The largest absolute Gasteiger partial charge is 0.469 e. The van der Waals surface area contributed by atoms with Gasteiger partial charge >= 0.3 is 5.97 Å². The molecule has 0 aliphatic heterocycles. The van der Waals surface area contributed by atoms with Crippen molar-refractivity contribution in [3.05, 3.63) is 36.7 Å². The van der Waals surface area contributed by atoms with Crippen molar-refractivity contribution in [2.24, 2.45) is 11.8 Å². The molecule has 1 aliphatic carbocycles. The molecule has 0 bridgehead atoms. The fourth-order valence-corrected chi connectivity index (χ4v) is 4.60. The van der Waals surface area contributed by atoms with Crippen LogP contribution in [0.25, 0.3) is 11.0 Å². The number of hydrogen-bond donors (Lipinski definition) is 1. The molecule has 0 spiro atoms. The molecule has 1 saturated carbocycles. The fraction of sp³-hybridized carbons (Fsp3) is 0.429. The van der Waals surface area contributed by atoms with Crippen molar-refractivity contribution >= 4 is 38.5 Å². The van der Waals surface area contributed by atoms with E-state index in [4.69, 9.17) is 4.74 Å². The number of carbonyl (C=O) groups excluding carboxylic acids is 1. The van der Waals surface area contributed by atoms with E-state index in [1.807, 2.05) is 4.68 Å². The molecular formula is C21H25N5O4S. The summed E-state index contributed by atoms with van der Waals surface area (Å²) in [5.41, 5.74) is 1.43. The third kappa shape index (κ3) is 4.84. The number of aromatic nitrogens is 4.